The van der Waals surface area contributed by atoms with Gasteiger partial charge in [-0.25, -0.2) is 4.98 Å². The van der Waals surface area contributed by atoms with Crippen LogP contribution in [-0.4, -0.2) is 106 Å². The maximum absolute atomic E-state index is 14.3. The summed E-state index contributed by atoms with van der Waals surface area (Å²) in [4.78, 5) is 26.5. The quantitative estimate of drug-likeness (QED) is 0.155. The highest BCUT2D eigenvalue weighted by atomic mass is 16.5. The number of likely N-dealkylation sites (tertiary alicyclic amines) is 1. The van der Waals surface area contributed by atoms with Gasteiger partial charge in [-0.2, -0.15) is 0 Å². The predicted molar refractivity (Wildman–Crippen MR) is 200 cm³/mol. The van der Waals surface area contributed by atoms with Crippen LogP contribution in [0.25, 0.3) is 16.7 Å². The number of aryl methyl sites for hydroxylation is 2. The van der Waals surface area contributed by atoms with Gasteiger partial charge in [-0.15, -0.1) is 10.2 Å². The first-order chi connectivity index (χ1) is 24.9. The van der Waals surface area contributed by atoms with Crippen LogP contribution < -0.4 is 9.64 Å². The van der Waals surface area contributed by atoms with Crippen LogP contribution >= 0.6 is 0 Å². The van der Waals surface area contributed by atoms with Crippen molar-refractivity contribution in [3.8, 4) is 11.4 Å². The number of carbonyl (C=O) groups is 1. The fourth-order valence-corrected chi connectivity index (χ4v) is 8.03. The zero-order valence-corrected chi connectivity index (χ0v) is 30.4. The van der Waals surface area contributed by atoms with Gasteiger partial charge in [0.1, 0.15) is 17.4 Å². The summed E-state index contributed by atoms with van der Waals surface area (Å²) in [5.41, 5.74) is 4.77. The van der Waals surface area contributed by atoms with Crippen LogP contribution in [0.1, 0.15) is 53.8 Å². The van der Waals surface area contributed by atoms with Crippen LogP contribution in [0.5, 0.6) is 5.75 Å². The third-order valence-corrected chi connectivity index (χ3v) is 10.8. The Morgan fingerprint density at radius 2 is 1.67 bits per heavy atom. The number of nitrogens with zero attached hydrogens (tertiary/aromatic N) is 8. The molecule has 2 aliphatic heterocycles. The standard InChI is InChI=1S/C40H50N8O3/c1-5-51-27-26-47-36-15-10-9-14-35(36)41-39(47)45-21-11-20-44(24-25-45)22-18-40(32-12-7-6-8-13-32)19-23-46(29-40)38(49)34-28-33(16-17-37(34)50-4)48-30(2)42-43-31(48)3/h6-10,12-17,28H,5,11,18-27,29H2,1-4H3. The minimum Gasteiger partial charge on any atom is -0.496 e. The lowest BCUT2D eigenvalue weighted by molar-refractivity contribution is 0.0777. The van der Waals surface area contributed by atoms with Crippen molar-refractivity contribution in [2.75, 3.05) is 71.0 Å². The fourth-order valence-electron chi connectivity index (χ4n) is 8.03. The molecule has 2 saturated heterocycles. The Kier molecular flexibility index (Phi) is 10.4. The van der Waals surface area contributed by atoms with Crippen LogP contribution in [0.3, 0.4) is 0 Å². The Morgan fingerprint density at radius 3 is 2.45 bits per heavy atom. The summed E-state index contributed by atoms with van der Waals surface area (Å²) in [6.45, 7) is 14.3. The van der Waals surface area contributed by atoms with Crippen molar-refractivity contribution in [3.05, 3.63) is 95.6 Å². The highest BCUT2D eigenvalue weighted by Gasteiger charge is 2.42. The van der Waals surface area contributed by atoms with Gasteiger partial charge in [0.05, 0.1) is 30.3 Å². The summed E-state index contributed by atoms with van der Waals surface area (Å²) in [6, 6.07) is 25.0. The van der Waals surface area contributed by atoms with E-state index >= 15 is 0 Å². The van der Waals surface area contributed by atoms with Crippen molar-refractivity contribution in [3.63, 3.8) is 0 Å². The molecule has 1 atom stereocenters. The average molecular weight is 691 g/mol. The molecule has 11 nitrogen and oxygen atoms in total. The third kappa shape index (κ3) is 7.10. The smallest absolute Gasteiger partial charge is 0.257 e. The normalized spacial score (nSPS) is 18.4. The van der Waals surface area contributed by atoms with E-state index in [2.05, 4.69) is 79.2 Å². The molecule has 1 amide bonds. The van der Waals surface area contributed by atoms with Crippen molar-refractivity contribution in [2.45, 2.75) is 52.0 Å². The number of ether oxygens (including phenoxy) is 2. The summed E-state index contributed by atoms with van der Waals surface area (Å²) in [5.74, 6) is 3.16. The maximum Gasteiger partial charge on any atom is 0.257 e. The summed E-state index contributed by atoms with van der Waals surface area (Å²) < 4.78 is 15.7. The molecule has 0 spiro atoms. The Bertz CT molecular complexity index is 1940. The van der Waals surface area contributed by atoms with E-state index in [1.165, 1.54) is 5.56 Å². The monoisotopic (exact) mass is 690 g/mol. The minimum absolute atomic E-state index is 0.00692. The lowest BCUT2D eigenvalue weighted by Crippen LogP contribution is -2.39. The molecule has 5 aromatic rings. The largest absolute Gasteiger partial charge is 0.496 e. The van der Waals surface area contributed by atoms with Crippen LogP contribution in [0.4, 0.5) is 5.95 Å². The molecule has 11 heteroatoms. The Hall–Kier alpha value is -4.74. The van der Waals surface area contributed by atoms with Crippen molar-refractivity contribution < 1.29 is 14.3 Å². The number of carbonyl (C=O) groups excluding carboxylic acids is 1. The maximum atomic E-state index is 14.3. The molecule has 268 valence electrons. The van der Waals surface area contributed by atoms with Gasteiger partial charge in [0, 0.05) is 57.0 Å². The zero-order valence-electron chi connectivity index (χ0n) is 30.4. The number of benzene rings is 3. The van der Waals surface area contributed by atoms with E-state index in [0.717, 1.165) is 92.8 Å². The van der Waals surface area contributed by atoms with Crippen molar-refractivity contribution in [1.82, 2.24) is 34.1 Å². The van der Waals surface area contributed by atoms with E-state index in [1.54, 1.807) is 7.11 Å². The number of imidazole rings is 1. The van der Waals surface area contributed by atoms with Crippen molar-refractivity contribution >= 4 is 22.9 Å². The fraction of sp³-hybridized carbons (Fsp3) is 0.450. The van der Waals surface area contributed by atoms with Gasteiger partial charge in [-0.1, -0.05) is 42.5 Å². The number of para-hydroxylation sites is 2. The first-order valence-electron chi connectivity index (χ1n) is 18.3. The molecule has 1 unspecified atom stereocenters. The second-order valence-corrected chi connectivity index (χ2v) is 13.8. The van der Waals surface area contributed by atoms with Gasteiger partial charge in [-0.3, -0.25) is 9.36 Å². The number of hydrogen-bond acceptors (Lipinski definition) is 8. The van der Waals surface area contributed by atoms with Crippen LogP contribution in [0.15, 0.2) is 72.8 Å². The molecule has 0 N–H and O–H groups in total. The lowest BCUT2D eigenvalue weighted by Gasteiger charge is -2.33. The van der Waals surface area contributed by atoms with Gasteiger partial charge < -0.3 is 28.7 Å². The number of anilines is 1. The number of methoxy groups -OCH3 is 1. The molecule has 0 saturated carbocycles. The molecule has 0 aliphatic carbocycles. The van der Waals surface area contributed by atoms with Crippen molar-refractivity contribution in [1.29, 1.82) is 0 Å². The number of aromatic nitrogens is 5. The molecule has 0 radical (unpaired) electrons. The molecule has 0 bridgehead atoms. The van der Waals surface area contributed by atoms with Gasteiger partial charge in [0.15, 0.2) is 0 Å². The molecule has 2 aliphatic rings. The van der Waals surface area contributed by atoms with E-state index in [9.17, 15) is 4.79 Å². The Balaban J connectivity index is 1.07. The number of fused-ring (bicyclic) bond motifs is 1. The van der Waals surface area contributed by atoms with Crippen molar-refractivity contribution in [2.24, 2.45) is 0 Å². The molecule has 2 aromatic heterocycles. The van der Waals surface area contributed by atoms with Gasteiger partial charge in [-0.05, 0) is 89.0 Å². The van der Waals surface area contributed by atoms with E-state index in [1.807, 2.05) is 48.4 Å². The topological polar surface area (TPSA) is 93.8 Å². The average Bonchev–Trinajstić information content (AvgIpc) is 3.81. The van der Waals surface area contributed by atoms with Gasteiger partial charge >= 0.3 is 0 Å². The summed E-state index contributed by atoms with van der Waals surface area (Å²) in [6.07, 6.45) is 2.96. The highest BCUT2D eigenvalue weighted by Crippen LogP contribution is 2.39. The summed E-state index contributed by atoms with van der Waals surface area (Å²) >= 11 is 0. The van der Waals surface area contributed by atoms with Gasteiger partial charge in [0.2, 0.25) is 5.95 Å². The Morgan fingerprint density at radius 1 is 0.882 bits per heavy atom. The molecule has 51 heavy (non-hydrogen) atoms. The highest BCUT2D eigenvalue weighted by molar-refractivity contribution is 5.98. The molecule has 2 fully saturated rings. The van der Waals surface area contributed by atoms with Crippen LogP contribution in [-0.2, 0) is 16.7 Å². The molecule has 4 heterocycles. The number of hydrogen-bond donors (Lipinski definition) is 0. The summed E-state index contributed by atoms with van der Waals surface area (Å²) in [5, 5.41) is 8.44. The van der Waals surface area contributed by atoms with E-state index in [4.69, 9.17) is 14.5 Å². The summed E-state index contributed by atoms with van der Waals surface area (Å²) in [7, 11) is 1.62. The van der Waals surface area contributed by atoms with E-state index in [0.29, 0.717) is 37.6 Å². The second kappa shape index (κ2) is 15.2. The zero-order chi connectivity index (χ0) is 35.4. The first-order valence-corrected chi connectivity index (χ1v) is 18.3. The first kappa shape index (κ1) is 34.7. The molecular weight excluding hydrogens is 640 g/mol. The molecule has 7 rings (SSSR count). The van der Waals surface area contributed by atoms with E-state index < -0.39 is 0 Å². The van der Waals surface area contributed by atoms with E-state index in [-0.39, 0.29) is 11.3 Å². The van der Waals surface area contributed by atoms with Crippen LogP contribution in [0.2, 0.25) is 0 Å². The van der Waals surface area contributed by atoms with Crippen LogP contribution in [0, 0.1) is 13.8 Å². The third-order valence-electron chi connectivity index (χ3n) is 10.8. The SMILES string of the molecule is CCOCCn1c(N2CCCN(CCC3(c4ccccc4)CCN(C(=O)c4cc(-n5c(C)nnc5C)ccc4OC)C3)CC2)nc2ccccc21. The number of rotatable bonds is 12. The molecule has 3 aromatic carbocycles. The van der Waals surface area contributed by atoms with Gasteiger partial charge in [0.25, 0.3) is 5.91 Å². The number of amides is 1. The lowest BCUT2D eigenvalue weighted by atomic mass is 9.76. The second-order valence-electron chi connectivity index (χ2n) is 13.8. The Labute approximate surface area is 300 Å². The molecular formula is C40H50N8O3. The predicted octanol–water partition coefficient (Wildman–Crippen LogP) is 5.67. The minimum atomic E-state index is -0.136.